The van der Waals surface area contributed by atoms with Crippen molar-refractivity contribution in [3.05, 3.63) is 40.3 Å². The van der Waals surface area contributed by atoms with Gasteiger partial charge in [-0.3, -0.25) is 9.48 Å². The molecule has 4 nitrogen and oxygen atoms in total. The van der Waals surface area contributed by atoms with Crippen molar-refractivity contribution in [3.8, 4) is 0 Å². The lowest BCUT2D eigenvalue weighted by Gasteiger charge is -2.18. The number of nitrogens with one attached hydrogen (secondary N) is 1. The Labute approximate surface area is 133 Å². The molecule has 0 aliphatic rings. The third kappa shape index (κ3) is 4.89. The number of hydrogen-bond acceptors (Lipinski definition) is 4. The summed E-state index contributed by atoms with van der Waals surface area (Å²) in [6, 6.07) is 4.20. The molecule has 1 amide bonds. The lowest BCUT2D eigenvalue weighted by molar-refractivity contribution is 0.0956. The maximum Gasteiger partial charge on any atom is 0.254 e. The van der Waals surface area contributed by atoms with E-state index in [1.807, 2.05) is 16.4 Å². The first-order chi connectivity index (χ1) is 9.97. The van der Waals surface area contributed by atoms with E-state index in [1.165, 1.54) is 4.88 Å². The number of aromatic nitrogens is 2. The molecule has 2 aromatic heterocycles. The first kappa shape index (κ1) is 16.1. The molecule has 0 unspecified atom stereocenters. The first-order valence-electron chi connectivity index (χ1n) is 6.90. The van der Waals surface area contributed by atoms with Gasteiger partial charge >= 0.3 is 0 Å². The average Bonchev–Trinajstić information content (AvgIpc) is 3.08. The van der Waals surface area contributed by atoms with Crippen LogP contribution in [0.25, 0.3) is 0 Å². The Morgan fingerprint density at radius 3 is 2.90 bits per heavy atom. The van der Waals surface area contributed by atoms with E-state index in [1.54, 1.807) is 23.7 Å². The second-order valence-electron chi connectivity index (χ2n) is 5.73. The smallest absolute Gasteiger partial charge is 0.254 e. The van der Waals surface area contributed by atoms with Gasteiger partial charge in [0.2, 0.25) is 0 Å². The fourth-order valence-corrected chi connectivity index (χ4v) is 3.41. The summed E-state index contributed by atoms with van der Waals surface area (Å²) >= 11 is 3.60. The highest BCUT2D eigenvalue weighted by Crippen LogP contribution is 2.16. The molecule has 21 heavy (non-hydrogen) atoms. The molecule has 2 rings (SSSR count). The maximum atomic E-state index is 12.0. The second kappa shape index (κ2) is 7.13. The predicted octanol–water partition coefficient (Wildman–Crippen LogP) is 3.36. The largest absolute Gasteiger partial charge is 0.351 e. The highest BCUT2D eigenvalue weighted by atomic mass is 32.2. The Morgan fingerprint density at radius 1 is 1.48 bits per heavy atom. The molecule has 1 N–H and O–H groups in total. The van der Waals surface area contributed by atoms with Gasteiger partial charge in [-0.05, 0) is 32.2 Å². The SMILES string of the molecule is CC(C)(C)n1cc(C(=O)NCCSCc2cccs2)cn1. The first-order valence-corrected chi connectivity index (χ1v) is 8.94. The van der Waals surface area contributed by atoms with Crippen molar-refractivity contribution in [1.29, 1.82) is 0 Å². The molecular formula is C15H21N3OS2. The van der Waals surface area contributed by atoms with Gasteiger partial charge in [-0.2, -0.15) is 16.9 Å². The molecule has 0 aromatic carbocycles. The van der Waals surface area contributed by atoms with Crippen molar-refractivity contribution < 1.29 is 4.79 Å². The van der Waals surface area contributed by atoms with Crippen LogP contribution in [0.1, 0.15) is 36.0 Å². The topological polar surface area (TPSA) is 46.9 Å². The number of thiophene rings is 1. The van der Waals surface area contributed by atoms with Gasteiger partial charge in [-0.15, -0.1) is 11.3 Å². The molecule has 0 radical (unpaired) electrons. The van der Waals surface area contributed by atoms with Crippen molar-refractivity contribution in [1.82, 2.24) is 15.1 Å². The maximum absolute atomic E-state index is 12.0. The minimum absolute atomic E-state index is 0.0535. The molecule has 0 fully saturated rings. The van der Waals surface area contributed by atoms with Gasteiger partial charge in [0.25, 0.3) is 5.91 Å². The molecule has 0 bridgehead atoms. The lowest BCUT2D eigenvalue weighted by atomic mass is 10.1. The quantitative estimate of drug-likeness (QED) is 0.829. The van der Waals surface area contributed by atoms with Crippen LogP contribution in [0.5, 0.6) is 0 Å². The zero-order valence-corrected chi connectivity index (χ0v) is 14.3. The molecule has 6 heteroatoms. The summed E-state index contributed by atoms with van der Waals surface area (Å²) in [6.07, 6.45) is 3.42. The fraction of sp³-hybridized carbons (Fsp3) is 0.467. The Balaban J connectivity index is 1.71. The molecule has 0 atom stereocenters. The molecule has 2 heterocycles. The molecule has 0 saturated heterocycles. The van der Waals surface area contributed by atoms with Crippen LogP contribution >= 0.6 is 23.1 Å². The van der Waals surface area contributed by atoms with Gasteiger partial charge in [0.1, 0.15) is 0 Å². The second-order valence-corrected chi connectivity index (χ2v) is 7.87. The van der Waals surface area contributed by atoms with Gasteiger partial charge in [-0.25, -0.2) is 0 Å². The summed E-state index contributed by atoms with van der Waals surface area (Å²) < 4.78 is 1.81. The van der Waals surface area contributed by atoms with E-state index in [0.717, 1.165) is 11.5 Å². The number of rotatable bonds is 6. The highest BCUT2D eigenvalue weighted by molar-refractivity contribution is 7.98. The van der Waals surface area contributed by atoms with Crippen molar-refractivity contribution >= 4 is 29.0 Å². The molecular weight excluding hydrogens is 302 g/mol. The van der Waals surface area contributed by atoms with E-state index in [2.05, 4.69) is 48.7 Å². The Kier molecular flexibility index (Phi) is 5.47. The van der Waals surface area contributed by atoms with Gasteiger partial charge in [0, 0.05) is 29.1 Å². The number of hydrogen-bond donors (Lipinski definition) is 1. The van der Waals surface area contributed by atoms with Crippen LogP contribution in [0.15, 0.2) is 29.9 Å². The standard InChI is InChI=1S/C15H21N3OS2/c1-15(2,3)18-10-12(9-17-18)14(19)16-6-8-20-11-13-5-4-7-21-13/h4-5,7,9-10H,6,8,11H2,1-3H3,(H,16,19). The van der Waals surface area contributed by atoms with Crippen LogP contribution in [0.4, 0.5) is 0 Å². The lowest BCUT2D eigenvalue weighted by Crippen LogP contribution is -2.26. The van der Waals surface area contributed by atoms with E-state index >= 15 is 0 Å². The van der Waals surface area contributed by atoms with E-state index in [4.69, 9.17) is 0 Å². The Hall–Kier alpha value is -1.27. The third-order valence-corrected chi connectivity index (χ3v) is 4.96. The monoisotopic (exact) mass is 323 g/mol. The number of thioether (sulfide) groups is 1. The van der Waals surface area contributed by atoms with Crippen molar-refractivity contribution in [3.63, 3.8) is 0 Å². The number of carbonyl (C=O) groups is 1. The van der Waals surface area contributed by atoms with E-state index in [0.29, 0.717) is 12.1 Å². The summed E-state index contributed by atoms with van der Waals surface area (Å²) in [5.41, 5.74) is 0.517. The molecule has 114 valence electrons. The van der Waals surface area contributed by atoms with Gasteiger partial charge < -0.3 is 5.32 Å². The summed E-state index contributed by atoms with van der Waals surface area (Å²) in [5, 5.41) is 9.26. The van der Waals surface area contributed by atoms with Crippen LogP contribution in [0.2, 0.25) is 0 Å². The van der Waals surface area contributed by atoms with Crippen LogP contribution in [-0.2, 0) is 11.3 Å². The summed E-state index contributed by atoms with van der Waals surface area (Å²) in [4.78, 5) is 13.4. The number of carbonyl (C=O) groups excluding carboxylic acids is 1. The summed E-state index contributed by atoms with van der Waals surface area (Å²) in [6.45, 7) is 6.85. The van der Waals surface area contributed by atoms with Crippen LogP contribution in [-0.4, -0.2) is 28.0 Å². The van der Waals surface area contributed by atoms with Gasteiger partial charge in [0.05, 0.1) is 17.3 Å². The number of nitrogens with zero attached hydrogens (tertiary/aromatic N) is 2. The fourth-order valence-electron chi connectivity index (χ4n) is 1.71. The average molecular weight is 323 g/mol. The van der Waals surface area contributed by atoms with Gasteiger partial charge in [0.15, 0.2) is 0 Å². The Bertz CT molecular complexity index is 570. The molecule has 0 aliphatic carbocycles. The normalized spacial score (nSPS) is 11.6. The third-order valence-electron chi connectivity index (χ3n) is 2.89. The van der Waals surface area contributed by atoms with Crippen LogP contribution in [0, 0.1) is 0 Å². The number of amides is 1. The molecule has 0 aliphatic heterocycles. The van der Waals surface area contributed by atoms with Crippen molar-refractivity contribution in [2.24, 2.45) is 0 Å². The zero-order valence-electron chi connectivity index (χ0n) is 12.6. The zero-order chi connectivity index (χ0) is 15.3. The molecule has 2 aromatic rings. The van der Waals surface area contributed by atoms with Gasteiger partial charge in [-0.1, -0.05) is 6.07 Å². The van der Waals surface area contributed by atoms with E-state index in [9.17, 15) is 4.79 Å². The molecule has 0 saturated carbocycles. The minimum atomic E-state index is -0.102. The Morgan fingerprint density at radius 2 is 2.29 bits per heavy atom. The van der Waals surface area contributed by atoms with E-state index in [-0.39, 0.29) is 11.4 Å². The van der Waals surface area contributed by atoms with Crippen molar-refractivity contribution in [2.45, 2.75) is 32.1 Å². The van der Waals surface area contributed by atoms with Crippen LogP contribution in [0.3, 0.4) is 0 Å². The molecule has 0 spiro atoms. The highest BCUT2D eigenvalue weighted by Gasteiger charge is 2.16. The minimum Gasteiger partial charge on any atom is -0.351 e. The van der Waals surface area contributed by atoms with E-state index < -0.39 is 0 Å². The summed E-state index contributed by atoms with van der Waals surface area (Å²) in [5.74, 6) is 1.87. The van der Waals surface area contributed by atoms with Crippen LogP contribution < -0.4 is 5.32 Å². The van der Waals surface area contributed by atoms with Crippen molar-refractivity contribution in [2.75, 3.05) is 12.3 Å². The summed E-state index contributed by atoms with van der Waals surface area (Å²) in [7, 11) is 0. The predicted molar refractivity (Wildman–Crippen MR) is 90.0 cm³/mol.